The smallest absolute Gasteiger partial charge is 0.307 e. The van der Waals surface area contributed by atoms with Crippen LogP contribution in [0.4, 0.5) is 0 Å². The van der Waals surface area contributed by atoms with Crippen molar-refractivity contribution in [3.05, 3.63) is 29.8 Å². The van der Waals surface area contributed by atoms with Gasteiger partial charge in [0.05, 0.1) is 19.6 Å². The molecule has 4 nitrogen and oxygen atoms in total. The van der Waals surface area contributed by atoms with Crippen LogP contribution in [0, 0.1) is 0 Å². The number of hydrogen-bond donors (Lipinski definition) is 1. The van der Waals surface area contributed by atoms with Crippen molar-refractivity contribution < 1.29 is 19.4 Å². The quantitative estimate of drug-likeness (QED) is 0.808. The maximum Gasteiger partial charge on any atom is 0.307 e. The Bertz CT molecular complexity index is 424. The minimum Gasteiger partial charge on any atom is -0.490 e. The zero-order valence-electron chi connectivity index (χ0n) is 10.7. The Morgan fingerprint density at radius 3 is 2.50 bits per heavy atom. The molecule has 0 fully saturated rings. The van der Waals surface area contributed by atoms with Crippen LogP contribution in [0.25, 0.3) is 6.08 Å². The van der Waals surface area contributed by atoms with Crippen molar-refractivity contribution >= 4 is 12.0 Å². The largest absolute Gasteiger partial charge is 0.490 e. The molecular formula is C14H18O4. The summed E-state index contributed by atoms with van der Waals surface area (Å²) in [6.45, 7) is 4.95. The van der Waals surface area contributed by atoms with Gasteiger partial charge < -0.3 is 14.6 Å². The van der Waals surface area contributed by atoms with Crippen molar-refractivity contribution in [2.45, 2.75) is 20.3 Å². The van der Waals surface area contributed by atoms with Crippen LogP contribution in [0.1, 0.15) is 25.8 Å². The molecule has 0 aliphatic carbocycles. The number of carboxylic acids is 1. The fourth-order valence-corrected chi connectivity index (χ4v) is 1.47. The summed E-state index contributed by atoms with van der Waals surface area (Å²) < 4.78 is 10.9. The summed E-state index contributed by atoms with van der Waals surface area (Å²) in [4.78, 5) is 10.4. The molecule has 0 unspecified atom stereocenters. The van der Waals surface area contributed by atoms with Gasteiger partial charge in [0.1, 0.15) is 0 Å². The lowest BCUT2D eigenvalue weighted by Crippen LogP contribution is -1.98. The summed E-state index contributed by atoms with van der Waals surface area (Å²) in [6.07, 6.45) is 3.37. The first-order valence-corrected chi connectivity index (χ1v) is 5.95. The highest BCUT2D eigenvalue weighted by Gasteiger charge is 2.04. The molecule has 1 N–H and O–H groups in total. The van der Waals surface area contributed by atoms with Crippen LogP contribution in [-0.2, 0) is 4.79 Å². The van der Waals surface area contributed by atoms with Gasteiger partial charge in [-0.1, -0.05) is 18.2 Å². The van der Waals surface area contributed by atoms with Gasteiger partial charge in [0.25, 0.3) is 0 Å². The minimum atomic E-state index is -0.845. The van der Waals surface area contributed by atoms with E-state index in [0.717, 1.165) is 5.56 Å². The standard InChI is InChI=1S/C14H18O4/c1-3-17-12-9-8-11(6-5-7-14(15)16)10-13(12)18-4-2/h5-6,8-10H,3-4,7H2,1-2H3,(H,15,16)/b6-5+. The zero-order chi connectivity index (χ0) is 13.4. The molecule has 1 aromatic rings. The molecule has 0 aliphatic rings. The number of rotatable bonds is 7. The third-order valence-corrected chi connectivity index (χ3v) is 2.17. The number of carbonyl (C=O) groups is 1. The maximum absolute atomic E-state index is 10.4. The fraction of sp³-hybridized carbons (Fsp3) is 0.357. The minimum absolute atomic E-state index is 0.0111. The maximum atomic E-state index is 10.4. The predicted octanol–water partition coefficient (Wildman–Crippen LogP) is 2.97. The summed E-state index contributed by atoms with van der Waals surface area (Å²) in [5.41, 5.74) is 0.892. The van der Waals surface area contributed by atoms with E-state index >= 15 is 0 Å². The van der Waals surface area contributed by atoms with Crippen LogP contribution < -0.4 is 9.47 Å². The van der Waals surface area contributed by atoms with E-state index in [1.165, 1.54) is 0 Å². The first-order chi connectivity index (χ1) is 8.67. The lowest BCUT2D eigenvalue weighted by atomic mass is 10.1. The average Bonchev–Trinajstić information content (AvgIpc) is 2.32. The molecule has 0 bridgehead atoms. The van der Waals surface area contributed by atoms with Gasteiger partial charge in [0.2, 0.25) is 0 Å². The molecule has 18 heavy (non-hydrogen) atoms. The molecule has 0 aliphatic heterocycles. The van der Waals surface area contributed by atoms with Gasteiger partial charge in [0.15, 0.2) is 11.5 Å². The Morgan fingerprint density at radius 1 is 1.22 bits per heavy atom. The second-order valence-corrected chi connectivity index (χ2v) is 3.57. The molecule has 0 spiro atoms. The lowest BCUT2D eigenvalue weighted by Gasteiger charge is -2.11. The fourth-order valence-electron chi connectivity index (χ4n) is 1.47. The third kappa shape index (κ3) is 4.49. The van der Waals surface area contributed by atoms with E-state index in [-0.39, 0.29) is 6.42 Å². The van der Waals surface area contributed by atoms with Crippen LogP contribution in [-0.4, -0.2) is 24.3 Å². The summed E-state index contributed by atoms with van der Waals surface area (Å²) in [7, 11) is 0. The van der Waals surface area contributed by atoms with E-state index in [9.17, 15) is 4.79 Å². The number of aliphatic carboxylic acids is 1. The molecule has 4 heteroatoms. The highest BCUT2D eigenvalue weighted by Crippen LogP contribution is 2.28. The first-order valence-electron chi connectivity index (χ1n) is 5.95. The first kappa shape index (κ1) is 14.1. The summed E-state index contributed by atoms with van der Waals surface area (Å²) in [5.74, 6) is 0.536. The Labute approximate surface area is 107 Å². The molecule has 0 atom stereocenters. The van der Waals surface area contributed by atoms with Crippen molar-refractivity contribution in [1.82, 2.24) is 0 Å². The van der Waals surface area contributed by atoms with Gasteiger partial charge in [-0.25, -0.2) is 0 Å². The Hall–Kier alpha value is -1.97. The Kier molecular flexibility index (Phi) is 5.77. The van der Waals surface area contributed by atoms with Gasteiger partial charge in [-0.2, -0.15) is 0 Å². The summed E-state index contributed by atoms with van der Waals surface area (Å²) in [6, 6.07) is 5.54. The van der Waals surface area contributed by atoms with Crippen molar-refractivity contribution in [2.24, 2.45) is 0 Å². The van der Waals surface area contributed by atoms with Crippen LogP contribution in [0.3, 0.4) is 0 Å². The molecule has 0 aromatic heterocycles. The van der Waals surface area contributed by atoms with E-state index < -0.39 is 5.97 Å². The van der Waals surface area contributed by atoms with Gasteiger partial charge in [-0.05, 0) is 31.5 Å². The molecule has 1 rings (SSSR count). The van der Waals surface area contributed by atoms with Crippen LogP contribution in [0.2, 0.25) is 0 Å². The number of hydrogen-bond acceptors (Lipinski definition) is 3. The molecule has 0 radical (unpaired) electrons. The molecular weight excluding hydrogens is 232 g/mol. The predicted molar refractivity (Wildman–Crippen MR) is 70.1 cm³/mol. The van der Waals surface area contributed by atoms with Crippen molar-refractivity contribution in [1.29, 1.82) is 0 Å². The highest BCUT2D eigenvalue weighted by molar-refractivity contribution is 5.70. The van der Waals surface area contributed by atoms with Crippen molar-refractivity contribution in [2.75, 3.05) is 13.2 Å². The molecule has 0 saturated carbocycles. The van der Waals surface area contributed by atoms with Crippen LogP contribution in [0.15, 0.2) is 24.3 Å². The third-order valence-electron chi connectivity index (χ3n) is 2.17. The van der Waals surface area contributed by atoms with E-state index in [2.05, 4.69) is 0 Å². The average molecular weight is 250 g/mol. The van der Waals surface area contributed by atoms with Gasteiger partial charge in [-0.15, -0.1) is 0 Å². The van der Waals surface area contributed by atoms with Gasteiger partial charge in [0, 0.05) is 0 Å². The second-order valence-electron chi connectivity index (χ2n) is 3.57. The zero-order valence-corrected chi connectivity index (χ0v) is 10.7. The van der Waals surface area contributed by atoms with Crippen LogP contribution >= 0.6 is 0 Å². The van der Waals surface area contributed by atoms with Crippen molar-refractivity contribution in [3.8, 4) is 11.5 Å². The van der Waals surface area contributed by atoms with E-state index in [1.807, 2.05) is 32.0 Å². The number of ether oxygens (including phenoxy) is 2. The van der Waals surface area contributed by atoms with Gasteiger partial charge in [-0.3, -0.25) is 4.79 Å². The normalized spacial score (nSPS) is 10.6. The summed E-state index contributed by atoms with van der Waals surface area (Å²) >= 11 is 0. The number of carboxylic acid groups (broad SMARTS) is 1. The van der Waals surface area contributed by atoms with Crippen molar-refractivity contribution in [3.63, 3.8) is 0 Å². The Balaban J connectivity index is 2.84. The molecule has 1 aromatic carbocycles. The van der Waals surface area contributed by atoms with Gasteiger partial charge >= 0.3 is 5.97 Å². The van der Waals surface area contributed by atoms with E-state index in [1.54, 1.807) is 12.2 Å². The molecule has 0 heterocycles. The number of benzene rings is 1. The van der Waals surface area contributed by atoms with E-state index in [0.29, 0.717) is 24.7 Å². The lowest BCUT2D eigenvalue weighted by molar-refractivity contribution is -0.135. The van der Waals surface area contributed by atoms with E-state index in [4.69, 9.17) is 14.6 Å². The monoisotopic (exact) mass is 250 g/mol. The summed E-state index contributed by atoms with van der Waals surface area (Å²) in [5, 5.41) is 8.55. The highest BCUT2D eigenvalue weighted by atomic mass is 16.5. The topological polar surface area (TPSA) is 55.8 Å². The molecule has 0 amide bonds. The SMILES string of the molecule is CCOc1ccc(/C=C/CC(=O)O)cc1OCC. The van der Waals surface area contributed by atoms with Crippen LogP contribution in [0.5, 0.6) is 11.5 Å². The Morgan fingerprint density at radius 2 is 1.89 bits per heavy atom. The molecule has 0 saturated heterocycles. The second kappa shape index (κ2) is 7.37. The molecule has 98 valence electrons.